The topological polar surface area (TPSA) is 72.5 Å². The summed E-state index contributed by atoms with van der Waals surface area (Å²) < 4.78 is 37.9. The number of esters is 1. The highest BCUT2D eigenvalue weighted by atomic mass is 16.7. The fourth-order valence-electron chi connectivity index (χ4n) is 5.01. The van der Waals surface area contributed by atoms with E-state index in [0.717, 1.165) is 22.3 Å². The first-order valence-corrected chi connectivity index (χ1v) is 14.6. The summed E-state index contributed by atoms with van der Waals surface area (Å²) in [7, 11) is 0. The van der Waals surface area contributed by atoms with Gasteiger partial charge in [-0.2, -0.15) is 0 Å². The third-order valence-corrected chi connectivity index (χ3v) is 7.12. The van der Waals surface area contributed by atoms with Gasteiger partial charge in [-0.05, 0) is 22.3 Å². The first-order chi connectivity index (χ1) is 21.2. The molecule has 7 heteroatoms. The number of benzene rings is 4. The van der Waals surface area contributed by atoms with E-state index >= 15 is 0 Å². The Morgan fingerprint density at radius 3 is 1.40 bits per heavy atom. The van der Waals surface area contributed by atoms with E-state index in [1.165, 1.54) is 6.92 Å². The van der Waals surface area contributed by atoms with Gasteiger partial charge in [-0.25, -0.2) is 0 Å². The predicted octanol–water partition coefficient (Wildman–Crippen LogP) is 6.25. The fourth-order valence-corrected chi connectivity index (χ4v) is 5.01. The summed E-state index contributed by atoms with van der Waals surface area (Å²) in [6, 6.07) is 39.6. The molecule has 0 amide bonds. The van der Waals surface area contributed by atoms with Crippen LogP contribution in [0.4, 0.5) is 0 Å². The number of hydrogen-bond acceptors (Lipinski definition) is 7. The Morgan fingerprint density at radius 1 is 0.558 bits per heavy atom. The first-order valence-electron chi connectivity index (χ1n) is 14.6. The van der Waals surface area contributed by atoms with Gasteiger partial charge in [-0.15, -0.1) is 0 Å². The van der Waals surface area contributed by atoms with E-state index < -0.39 is 36.7 Å². The predicted molar refractivity (Wildman–Crippen MR) is 162 cm³/mol. The van der Waals surface area contributed by atoms with E-state index in [9.17, 15) is 4.79 Å². The van der Waals surface area contributed by atoms with Gasteiger partial charge in [0.1, 0.15) is 24.4 Å². The maximum atomic E-state index is 12.3. The molecule has 43 heavy (non-hydrogen) atoms. The van der Waals surface area contributed by atoms with Crippen molar-refractivity contribution < 1.29 is 33.2 Å². The van der Waals surface area contributed by atoms with Crippen LogP contribution >= 0.6 is 0 Å². The molecule has 0 radical (unpaired) electrons. The van der Waals surface area contributed by atoms with Crippen LogP contribution in [-0.2, 0) is 59.6 Å². The number of hydrogen-bond donors (Lipinski definition) is 0. The Balaban J connectivity index is 1.42. The standard InChI is InChI=1S/C36H38O7/c1-27(37)42-36-35(41-25-31-20-12-5-13-21-31)34(40-24-30-18-10-4-11-19-30)33(39-23-29-16-8-3-9-17-29)32(43-36)26-38-22-28-14-6-2-7-15-28/h2-21,32-36H,22-26H2,1H3/t32-,33+,34+,35-,36+/m1/s1. The van der Waals surface area contributed by atoms with Crippen molar-refractivity contribution in [3.63, 3.8) is 0 Å². The summed E-state index contributed by atoms with van der Waals surface area (Å²) in [6.45, 7) is 2.87. The molecule has 1 aliphatic heterocycles. The summed E-state index contributed by atoms with van der Waals surface area (Å²) >= 11 is 0. The normalized spacial score (nSPS) is 21.7. The van der Waals surface area contributed by atoms with Crippen molar-refractivity contribution in [3.05, 3.63) is 144 Å². The highest BCUT2D eigenvalue weighted by molar-refractivity contribution is 5.66. The molecule has 1 aliphatic rings. The number of ether oxygens (including phenoxy) is 6. The van der Waals surface area contributed by atoms with E-state index in [1.54, 1.807) is 0 Å². The smallest absolute Gasteiger partial charge is 0.305 e. The minimum absolute atomic E-state index is 0.197. The summed E-state index contributed by atoms with van der Waals surface area (Å²) in [4.78, 5) is 12.3. The lowest BCUT2D eigenvalue weighted by Crippen LogP contribution is -2.62. The summed E-state index contributed by atoms with van der Waals surface area (Å²) in [6.07, 6.45) is -3.62. The third-order valence-electron chi connectivity index (χ3n) is 7.12. The summed E-state index contributed by atoms with van der Waals surface area (Å²) in [5.74, 6) is -0.479. The van der Waals surface area contributed by atoms with Gasteiger partial charge in [0, 0.05) is 6.92 Å². The highest BCUT2D eigenvalue weighted by Gasteiger charge is 2.50. The second kappa shape index (κ2) is 16.1. The Bertz CT molecular complexity index is 1350. The molecule has 0 unspecified atom stereocenters. The molecular weight excluding hydrogens is 544 g/mol. The zero-order chi connectivity index (χ0) is 29.7. The van der Waals surface area contributed by atoms with E-state index in [4.69, 9.17) is 28.4 Å². The minimum atomic E-state index is -1.02. The summed E-state index contributed by atoms with van der Waals surface area (Å²) in [5, 5.41) is 0. The molecular formula is C36H38O7. The van der Waals surface area contributed by atoms with Gasteiger partial charge in [0.15, 0.2) is 0 Å². The molecule has 7 nitrogen and oxygen atoms in total. The Hall–Kier alpha value is -3.85. The molecule has 0 bridgehead atoms. The van der Waals surface area contributed by atoms with Crippen LogP contribution in [0.5, 0.6) is 0 Å². The quantitative estimate of drug-likeness (QED) is 0.163. The average Bonchev–Trinajstić information content (AvgIpc) is 3.04. The maximum absolute atomic E-state index is 12.3. The van der Waals surface area contributed by atoms with Crippen molar-refractivity contribution in [1.29, 1.82) is 0 Å². The van der Waals surface area contributed by atoms with Gasteiger partial charge in [0.25, 0.3) is 0 Å². The summed E-state index contributed by atoms with van der Waals surface area (Å²) in [5.41, 5.74) is 4.02. The molecule has 5 atom stereocenters. The first kappa shape index (κ1) is 30.6. The lowest BCUT2D eigenvalue weighted by atomic mass is 9.97. The molecule has 0 saturated carbocycles. The van der Waals surface area contributed by atoms with Crippen molar-refractivity contribution in [2.75, 3.05) is 6.61 Å². The van der Waals surface area contributed by atoms with E-state index in [1.807, 2.05) is 121 Å². The Kier molecular flexibility index (Phi) is 11.5. The van der Waals surface area contributed by atoms with Crippen LogP contribution < -0.4 is 0 Å². The third kappa shape index (κ3) is 9.32. The second-order valence-corrected chi connectivity index (χ2v) is 10.4. The van der Waals surface area contributed by atoms with E-state index in [-0.39, 0.29) is 13.2 Å². The lowest BCUT2D eigenvalue weighted by Gasteiger charge is -2.45. The molecule has 1 fully saturated rings. The molecule has 0 aliphatic carbocycles. The maximum Gasteiger partial charge on any atom is 0.305 e. The fraction of sp³-hybridized carbons (Fsp3) is 0.306. The van der Waals surface area contributed by atoms with Crippen molar-refractivity contribution in [1.82, 2.24) is 0 Å². The second-order valence-electron chi connectivity index (χ2n) is 10.4. The lowest BCUT2D eigenvalue weighted by molar-refractivity contribution is -0.320. The van der Waals surface area contributed by atoms with Crippen LogP contribution in [0.1, 0.15) is 29.2 Å². The molecule has 0 spiro atoms. The average molecular weight is 583 g/mol. The Morgan fingerprint density at radius 2 is 0.953 bits per heavy atom. The van der Waals surface area contributed by atoms with E-state index in [2.05, 4.69) is 0 Å². The van der Waals surface area contributed by atoms with Crippen LogP contribution in [0.25, 0.3) is 0 Å². The molecule has 224 valence electrons. The van der Waals surface area contributed by atoms with Crippen molar-refractivity contribution in [3.8, 4) is 0 Å². The van der Waals surface area contributed by atoms with Gasteiger partial charge >= 0.3 is 5.97 Å². The molecule has 4 aromatic carbocycles. The van der Waals surface area contributed by atoms with Gasteiger partial charge in [-0.1, -0.05) is 121 Å². The minimum Gasteiger partial charge on any atom is -0.433 e. The molecule has 1 saturated heterocycles. The van der Waals surface area contributed by atoms with Crippen LogP contribution in [0.3, 0.4) is 0 Å². The highest BCUT2D eigenvalue weighted by Crippen LogP contribution is 2.31. The van der Waals surface area contributed by atoms with Crippen LogP contribution in [0.2, 0.25) is 0 Å². The van der Waals surface area contributed by atoms with Crippen LogP contribution in [0.15, 0.2) is 121 Å². The van der Waals surface area contributed by atoms with Crippen LogP contribution in [-0.4, -0.2) is 43.3 Å². The van der Waals surface area contributed by atoms with Crippen molar-refractivity contribution in [2.24, 2.45) is 0 Å². The number of rotatable bonds is 14. The molecule has 1 heterocycles. The van der Waals surface area contributed by atoms with Crippen molar-refractivity contribution in [2.45, 2.75) is 64.1 Å². The number of carbonyl (C=O) groups is 1. The van der Waals surface area contributed by atoms with E-state index in [0.29, 0.717) is 19.8 Å². The molecule has 4 aromatic rings. The zero-order valence-corrected chi connectivity index (χ0v) is 24.3. The SMILES string of the molecule is CC(=O)O[C@H]1O[C@H](COCc2ccccc2)[C@H](OCc2ccccc2)[C@H](OCc2ccccc2)[C@H]1OCc1ccccc1. The monoisotopic (exact) mass is 582 g/mol. The molecule has 0 aromatic heterocycles. The van der Waals surface area contributed by atoms with Gasteiger partial charge in [0.2, 0.25) is 6.29 Å². The van der Waals surface area contributed by atoms with Gasteiger partial charge in [0.05, 0.1) is 33.0 Å². The van der Waals surface area contributed by atoms with Crippen LogP contribution in [0, 0.1) is 0 Å². The van der Waals surface area contributed by atoms with Gasteiger partial charge < -0.3 is 28.4 Å². The van der Waals surface area contributed by atoms with Gasteiger partial charge in [-0.3, -0.25) is 4.79 Å². The molecule has 5 rings (SSSR count). The van der Waals surface area contributed by atoms with Crippen molar-refractivity contribution >= 4 is 5.97 Å². The molecule has 0 N–H and O–H groups in total. The number of carbonyl (C=O) groups excluding carboxylic acids is 1. The largest absolute Gasteiger partial charge is 0.433 e. The zero-order valence-electron chi connectivity index (χ0n) is 24.3. The Labute approximate surface area is 253 Å².